The summed E-state index contributed by atoms with van der Waals surface area (Å²) < 4.78 is 10.9. The van der Waals surface area contributed by atoms with Gasteiger partial charge in [-0.2, -0.15) is 0 Å². The Morgan fingerprint density at radius 2 is 1.93 bits per heavy atom. The standard InChI is InChI=1S/C23H27ClN2O3/c1-4-29-23-20(24)15-18(16-21(23)28-3)8-9-22(27)26-12-10-25(11-13-26)19-7-5-6-17(2)14-19/h5-9,14-16H,4,10-13H2,1-3H3/b9-8+. The summed E-state index contributed by atoms with van der Waals surface area (Å²) >= 11 is 6.30. The van der Waals surface area contributed by atoms with Crippen LogP contribution in [-0.4, -0.2) is 50.7 Å². The Hall–Kier alpha value is -2.66. The topological polar surface area (TPSA) is 42.0 Å². The lowest BCUT2D eigenvalue weighted by molar-refractivity contribution is -0.126. The summed E-state index contributed by atoms with van der Waals surface area (Å²) in [6.07, 6.45) is 3.35. The average molecular weight is 415 g/mol. The molecule has 0 aliphatic carbocycles. The highest BCUT2D eigenvalue weighted by Crippen LogP contribution is 2.36. The Bertz CT molecular complexity index is 890. The smallest absolute Gasteiger partial charge is 0.246 e. The largest absolute Gasteiger partial charge is 0.493 e. The molecule has 154 valence electrons. The van der Waals surface area contributed by atoms with Crippen LogP contribution in [0, 0.1) is 6.92 Å². The van der Waals surface area contributed by atoms with E-state index in [-0.39, 0.29) is 5.91 Å². The van der Waals surface area contributed by atoms with E-state index in [1.165, 1.54) is 11.3 Å². The third-order valence-electron chi connectivity index (χ3n) is 4.92. The number of aryl methyl sites for hydroxylation is 1. The van der Waals surface area contributed by atoms with Gasteiger partial charge in [0.1, 0.15) is 0 Å². The lowest BCUT2D eigenvalue weighted by atomic mass is 10.1. The molecule has 1 fully saturated rings. The third kappa shape index (κ3) is 5.24. The first kappa shape index (κ1) is 21.1. The van der Waals surface area contributed by atoms with Crippen molar-refractivity contribution in [3.05, 3.63) is 58.6 Å². The van der Waals surface area contributed by atoms with Gasteiger partial charge in [0.25, 0.3) is 0 Å². The van der Waals surface area contributed by atoms with Crippen molar-refractivity contribution in [1.82, 2.24) is 4.90 Å². The maximum atomic E-state index is 12.6. The number of anilines is 1. The number of carbonyl (C=O) groups is 1. The fraction of sp³-hybridized carbons (Fsp3) is 0.348. The van der Waals surface area contributed by atoms with E-state index < -0.39 is 0 Å². The van der Waals surface area contributed by atoms with E-state index in [1.807, 2.05) is 17.9 Å². The minimum absolute atomic E-state index is 0.00198. The first-order valence-corrected chi connectivity index (χ1v) is 10.2. The number of piperazine rings is 1. The Labute approximate surface area is 177 Å². The molecule has 1 amide bonds. The average Bonchev–Trinajstić information content (AvgIpc) is 2.73. The zero-order valence-corrected chi connectivity index (χ0v) is 17.9. The van der Waals surface area contributed by atoms with E-state index in [0.29, 0.717) is 36.2 Å². The van der Waals surface area contributed by atoms with E-state index >= 15 is 0 Å². The Morgan fingerprint density at radius 1 is 1.17 bits per heavy atom. The van der Waals surface area contributed by atoms with Crippen LogP contribution >= 0.6 is 11.6 Å². The fourth-order valence-electron chi connectivity index (χ4n) is 3.40. The van der Waals surface area contributed by atoms with Crippen molar-refractivity contribution < 1.29 is 14.3 Å². The molecule has 1 saturated heterocycles. The molecular formula is C23H27ClN2O3. The molecule has 0 bridgehead atoms. The quantitative estimate of drug-likeness (QED) is 0.656. The van der Waals surface area contributed by atoms with Crippen LogP contribution in [0.3, 0.4) is 0 Å². The van der Waals surface area contributed by atoms with Crippen LogP contribution in [0.25, 0.3) is 6.08 Å². The maximum absolute atomic E-state index is 12.6. The molecule has 0 aromatic heterocycles. The second-order valence-electron chi connectivity index (χ2n) is 6.95. The van der Waals surface area contributed by atoms with Crippen LogP contribution in [0.2, 0.25) is 5.02 Å². The Morgan fingerprint density at radius 3 is 2.59 bits per heavy atom. The van der Waals surface area contributed by atoms with Crippen LogP contribution in [0.5, 0.6) is 11.5 Å². The molecule has 2 aromatic rings. The van der Waals surface area contributed by atoms with Gasteiger partial charge in [0, 0.05) is 37.9 Å². The van der Waals surface area contributed by atoms with Gasteiger partial charge in [0.2, 0.25) is 5.91 Å². The van der Waals surface area contributed by atoms with E-state index in [0.717, 1.165) is 18.7 Å². The molecule has 0 unspecified atom stereocenters. The van der Waals surface area contributed by atoms with Crippen molar-refractivity contribution in [2.75, 3.05) is 44.8 Å². The summed E-state index contributed by atoms with van der Waals surface area (Å²) in [6.45, 7) is 7.53. The van der Waals surface area contributed by atoms with E-state index in [2.05, 4.69) is 36.1 Å². The summed E-state index contributed by atoms with van der Waals surface area (Å²) in [7, 11) is 1.57. The van der Waals surface area contributed by atoms with Gasteiger partial charge in [0.15, 0.2) is 11.5 Å². The molecular weight excluding hydrogens is 388 g/mol. The highest BCUT2D eigenvalue weighted by atomic mass is 35.5. The highest BCUT2D eigenvalue weighted by Gasteiger charge is 2.20. The summed E-state index contributed by atoms with van der Waals surface area (Å²) in [5.74, 6) is 1.07. The summed E-state index contributed by atoms with van der Waals surface area (Å²) in [5.41, 5.74) is 3.25. The van der Waals surface area contributed by atoms with Crippen LogP contribution < -0.4 is 14.4 Å². The molecule has 3 rings (SSSR count). The van der Waals surface area contributed by atoms with Gasteiger partial charge in [-0.3, -0.25) is 4.79 Å². The molecule has 29 heavy (non-hydrogen) atoms. The molecule has 6 heteroatoms. The van der Waals surface area contributed by atoms with Crippen molar-refractivity contribution in [2.45, 2.75) is 13.8 Å². The van der Waals surface area contributed by atoms with Gasteiger partial charge < -0.3 is 19.3 Å². The van der Waals surface area contributed by atoms with Gasteiger partial charge in [-0.25, -0.2) is 0 Å². The SMILES string of the molecule is CCOc1c(Cl)cc(/C=C/C(=O)N2CCN(c3cccc(C)c3)CC2)cc1OC. The van der Waals surface area contributed by atoms with Gasteiger partial charge in [-0.15, -0.1) is 0 Å². The van der Waals surface area contributed by atoms with Gasteiger partial charge >= 0.3 is 0 Å². The first-order chi connectivity index (χ1) is 14.0. The number of ether oxygens (including phenoxy) is 2. The maximum Gasteiger partial charge on any atom is 0.246 e. The predicted octanol–water partition coefficient (Wildman–Crippen LogP) is 4.42. The van der Waals surface area contributed by atoms with E-state index in [4.69, 9.17) is 21.1 Å². The lowest BCUT2D eigenvalue weighted by Crippen LogP contribution is -2.48. The van der Waals surface area contributed by atoms with Crippen molar-refractivity contribution in [3.8, 4) is 11.5 Å². The van der Waals surface area contributed by atoms with Crippen LogP contribution in [0.4, 0.5) is 5.69 Å². The Kier molecular flexibility index (Phi) is 7.04. The number of hydrogen-bond donors (Lipinski definition) is 0. The Balaban J connectivity index is 1.62. The second-order valence-corrected chi connectivity index (χ2v) is 7.36. The fourth-order valence-corrected chi connectivity index (χ4v) is 3.68. The lowest BCUT2D eigenvalue weighted by Gasteiger charge is -2.35. The summed E-state index contributed by atoms with van der Waals surface area (Å²) in [5, 5.41) is 0.463. The number of carbonyl (C=O) groups excluding carboxylic acids is 1. The molecule has 0 spiro atoms. The zero-order valence-electron chi connectivity index (χ0n) is 17.2. The number of amides is 1. The molecule has 5 nitrogen and oxygen atoms in total. The molecule has 0 saturated carbocycles. The number of rotatable bonds is 6. The van der Waals surface area contributed by atoms with E-state index in [1.54, 1.807) is 25.3 Å². The summed E-state index contributed by atoms with van der Waals surface area (Å²) in [4.78, 5) is 16.8. The third-order valence-corrected chi connectivity index (χ3v) is 5.20. The minimum Gasteiger partial charge on any atom is -0.493 e. The number of benzene rings is 2. The number of hydrogen-bond acceptors (Lipinski definition) is 4. The molecule has 1 aliphatic rings. The normalized spacial score (nSPS) is 14.3. The van der Waals surface area contributed by atoms with Crippen LogP contribution in [-0.2, 0) is 4.79 Å². The molecule has 1 heterocycles. The van der Waals surface area contributed by atoms with Crippen molar-refractivity contribution in [1.29, 1.82) is 0 Å². The van der Waals surface area contributed by atoms with Gasteiger partial charge in [-0.05, 0) is 55.3 Å². The van der Waals surface area contributed by atoms with Crippen molar-refractivity contribution >= 4 is 29.3 Å². The highest BCUT2D eigenvalue weighted by molar-refractivity contribution is 6.32. The van der Waals surface area contributed by atoms with Crippen molar-refractivity contribution in [3.63, 3.8) is 0 Å². The molecule has 2 aromatic carbocycles. The van der Waals surface area contributed by atoms with Crippen LogP contribution in [0.15, 0.2) is 42.5 Å². The molecule has 0 N–H and O–H groups in total. The molecule has 0 radical (unpaired) electrons. The predicted molar refractivity (Wildman–Crippen MR) is 118 cm³/mol. The van der Waals surface area contributed by atoms with Gasteiger partial charge in [0.05, 0.1) is 18.7 Å². The number of methoxy groups -OCH3 is 1. The minimum atomic E-state index is -0.00198. The number of nitrogens with zero attached hydrogens (tertiary/aromatic N) is 2. The monoisotopic (exact) mass is 414 g/mol. The molecule has 1 aliphatic heterocycles. The summed E-state index contributed by atoms with van der Waals surface area (Å²) in [6, 6.07) is 12.1. The zero-order chi connectivity index (χ0) is 20.8. The van der Waals surface area contributed by atoms with Gasteiger partial charge in [-0.1, -0.05) is 23.7 Å². The first-order valence-electron chi connectivity index (χ1n) is 9.80. The number of halogens is 1. The van der Waals surface area contributed by atoms with Crippen LogP contribution in [0.1, 0.15) is 18.1 Å². The second kappa shape index (κ2) is 9.70. The van der Waals surface area contributed by atoms with E-state index in [9.17, 15) is 4.79 Å². The van der Waals surface area contributed by atoms with Crippen molar-refractivity contribution in [2.24, 2.45) is 0 Å². The molecule has 0 atom stereocenters.